The van der Waals surface area contributed by atoms with E-state index < -0.39 is 0 Å². The van der Waals surface area contributed by atoms with Gasteiger partial charge in [-0.05, 0) is 36.8 Å². The number of nitrogens with one attached hydrogen (secondary N) is 1. The summed E-state index contributed by atoms with van der Waals surface area (Å²) < 4.78 is 9.87. The molecule has 1 amide bonds. The van der Waals surface area contributed by atoms with Gasteiger partial charge < -0.3 is 10.1 Å². The summed E-state index contributed by atoms with van der Waals surface area (Å²) in [6, 6.07) is 15.7. The number of aryl methyl sites for hydroxylation is 1. The van der Waals surface area contributed by atoms with Crippen molar-refractivity contribution in [3.05, 3.63) is 87.0 Å². The Bertz CT molecular complexity index is 1300. The summed E-state index contributed by atoms with van der Waals surface area (Å²) in [6.07, 6.45) is 2.48. The van der Waals surface area contributed by atoms with Crippen LogP contribution in [0.4, 0.5) is 5.69 Å². The highest BCUT2D eigenvalue weighted by atomic mass is 79.9. The molecule has 0 spiro atoms. The predicted octanol–water partition coefficient (Wildman–Crippen LogP) is 3.89. The smallest absolute Gasteiger partial charge is 0.274 e. The predicted molar refractivity (Wildman–Crippen MR) is 120 cm³/mol. The summed E-state index contributed by atoms with van der Waals surface area (Å²) in [5.41, 5.74) is 1.29. The molecule has 0 saturated heterocycles. The van der Waals surface area contributed by atoms with Crippen LogP contribution in [0.1, 0.15) is 29.4 Å². The van der Waals surface area contributed by atoms with E-state index in [0.717, 1.165) is 10.9 Å². The molecular formula is C22H20BrN5O3. The Morgan fingerprint density at radius 3 is 2.81 bits per heavy atom. The number of benzene rings is 2. The van der Waals surface area contributed by atoms with Gasteiger partial charge in [-0.2, -0.15) is 9.50 Å². The minimum atomic E-state index is -0.253. The van der Waals surface area contributed by atoms with Crippen LogP contribution in [0.25, 0.3) is 5.78 Å². The summed E-state index contributed by atoms with van der Waals surface area (Å²) in [7, 11) is 0. The van der Waals surface area contributed by atoms with Crippen LogP contribution in [0.3, 0.4) is 0 Å². The SMILES string of the molecule is CCCn1cnc2nc(COc3ccccc3NC(=O)c3cccc(Br)c3)cc(=O)n21. The van der Waals surface area contributed by atoms with Gasteiger partial charge in [-0.15, -0.1) is 0 Å². The Morgan fingerprint density at radius 2 is 2.00 bits per heavy atom. The second kappa shape index (κ2) is 9.13. The number of para-hydroxylation sites is 2. The normalized spacial score (nSPS) is 10.9. The topological polar surface area (TPSA) is 90.5 Å². The number of carbonyl (C=O) groups is 1. The van der Waals surface area contributed by atoms with Gasteiger partial charge in [-0.1, -0.05) is 41.1 Å². The average molecular weight is 482 g/mol. The Labute approximate surface area is 186 Å². The lowest BCUT2D eigenvalue weighted by atomic mass is 10.2. The lowest BCUT2D eigenvalue weighted by molar-refractivity contribution is 0.102. The van der Waals surface area contributed by atoms with Gasteiger partial charge in [-0.3, -0.25) is 14.3 Å². The van der Waals surface area contributed by atoms with E-state index in [2.05, 4.69) is 31.2 Å². The van der Waals surface area contributed by atoms with Crippen molar-refractivity contribution in [2.24, 2.45) is 0 Å². The number of rotatable bonds is 7. The molecule has 0 unspecified atom stereocenters. The maximum atomic E-state index is 12.6. The minimum Gasteiger partial charge on any atom is -0.485 e. The molecule has 0 aliphatic heterocycles. The first-order valence-electron chi connectivity index (χ1n) is 9.78. The maximum Gasteiger partial charge on any atom is 0.274 e. The highest BCUT2D eigenvalue weighted by Crippen LogP contribution is 2.25. The van der Waals surface area contributed by atoms with Crippen LogP contribution in [0.15, 0.2) is 70.2 Å². The molecule has 0 saturated carbocycles. The third-order valence-corrected chi connectivity index (χ3v) is 5.04. The van der Waals surface area contributed by atoms with Gasteiger partial charge in [0.05, 0.1) is 11.4 Å². The summed E-state index contributed by atoms with van der Waals surface area (Å²) in [6.45, 7) is 2.77. The fraction of sp³-hybridized carbons (Fsp3) is 0.182. The Morgan fingerprint density at radius 1 is 1.16 bits per heavy atom. The molecule has 0 aliphatic carbocycles. The van der Waals surface area contributed by atoms with Crippen LogP contribution in [-0.4, -0.2) is 25.1 Å². The molecule has 9 heteroatoms. The second-order valence-electron chi connectivity index (χ2n) is 6.85. The third-order valence-electron chi connectivity index (χ3n) is 4.55. The van der Waals surface area contributed by atoms with Crippen molar-refractivity contribution >= 4 is 33.3 Å². The zero-order valence-electron chi connectivity index (χ0n) is 16.8. The van der Waals surface area contributed by atoms with Gasteiger partial charge in [0.15, 0.2) is 0 Å². The van der Waals surface area contributed by atoms with E-state index in [1.54, 1.807) is 47.4 Å². The number of aromatic nitrogens is 4. The van der Waals surface area contributed by atoms with Gasteiger partial charge in [0.25, 0.3) is 17.2 Å². The molecule has 8 nitrogen and oxygen atoms in total. The van der Waals surface area contributed by atoms with Crippen LogP contribution < -0.4 is 15.6 Å². The molecule has 1 N–H and O–H groups in total. The molecule has 0 radical (unpaired) electrons. The molecule has 31 heavy (non-hydrogen) atoms. The monoisotopic (exact) mass is 481 g/mol. The quantitative estimate of drug-likeness (QED) is 0.432. The van der Waals surface area contributed by atoms with Crippen molar-refractivity contribution < 1.29 is 9.53 Å². The molecule has 0 aliphatic rings. The number of anilines is 1. The Kier molecular flexibility index (Phi) is 6.13. The van der Waals surface area contributed by atoms with E-state index >= 15 is 0 Å². The third kappa shape index (κ3) is 4.66. The fourth-order valence-corrected chi connectivity index (χ4v) is 3.54. The molecule has 4 rings (SSSR count). The molecule has 2 aromatic carbocycles. The van der Waals surface area contributed by atoms with E-state index in [9.17, 15) is 9.59 Å². The summed E-state index contributed by atoms with van der Waals surface area (Å²) in [5.74, 6) is 0.553. The highest BCUT2D eigenvalue weighted by molar-refractivity contribution is 9.10. The minimum absolute atomic E-state index is 0.0656. The van der Waals surface area contributed by atoms with Crippen LogP contribution in [0, 0.1) is 0 Å². The van der Waals surface area contributed by atoms with Gasteiger partial charge >= 0.3 is 0 Å². The maximum absolute atomic E-state index is 12.6. The first-order valence-corrected chi connectivity index (χ1v) is 10.6. The van der Waals surface area contributed by atoms with Crippen molar-refractivity contribution in [2.45, 2.75) is 26.5 Å². The van der Waals surface area contributed by atoms with Gasteiger partial charge in [0.2, 0.25) is 0 Å². The summed E-state index contributed by atoms with van der Waals surface area (Å²) in [5, 5.41) is 2.86. The van der Waals surface area contributed by atoms with Crippen LogP contribution in [-0.2, 0) is 13.2 Å². The van der Waals surface area contributed by atoms with Crippen molar-refractivity contribution in [3.8, 4) is 5.75 Å². The lowest BCUT2D eigenvalue weighted by Crippen LogP contribution is -2.22. The Balaban J connectivity index is 1.52. The Hall–Kier alpha value is -3.46. The molecule has 158 valence electrons. The number of fused-ring (bicyclic) bond motifs is 1. The van der Waals surface area contributed by atoms with Crippen molar-refractivity contribution in [3.63, 3.8) is 0 Å². The number of amides is 1. The zero-order chi connectivity index (χ0) is 21.8. The van der Waals surface area contributed by atoms with E-state index in [1.807, 2.05) is 19.1 Å². The largest absolute Gasteiger partial charge is 0.485 e. The molecule has 0 atom stereocenters. The number of halogens is 1. The van der Waals surface area contributed by atoms with Crippen molar-refractivity contribution in [2.75, 3.05) is 5.32 Å². The van der Waals surface area contributed by atoms with E-state index in [1.165, 1.54) is 10.6 Å². The number of ether oxygens (including phenoxy) is 1. The number of nitrogens with zero attached hydrogens (tertiary/aromatic N) is 4. The first kappa shape index (κ1) is 20.8. The summed E-state index contributed by atoms with van der Waals surface area (Å²) in [4.78, 5) is 33.7. The van der Waals surface area contributed by atoms with Crippen molar-refractivity contribution in [1.82, 2.24) is 19.2 Å². The number of carbonyl (C=O) groups excluding carboxylic acids is 1. The lowest BCUT2D eigenvalue weighted by Gasteiger charge is -2.12. The summed E-state index contributed by atoms with van der Waals surface area (Å²) >= 11 is 3.37. The van der Waals surface area contributed by atoms with Crippen molar-refractivity contribution in [1.29, 1.82) is 0 Å². The molecule has 2 aromatic heterocycles. The van der Waals surface area contributed by atoms with Gasteiger partial charge in [-0.25, -0.2) is 4.98 Å². The molecule has 2 heterocycles. The van der Waals surface area contributed by atoms with Crippen LogP contribution in [0.2, 0.25) is 0 Å². The van der Waals surface area contributed by atoms with E-state index in [0.29, 0.717) is 35.0 Å². The molecule has 4 aromatic rings. The molecule has 0 bridgehead atoms. The fourth-order valence-electron chi connectivity index (χ4n) is 3.14. The van der Waals surface area contributed by atoms with Gasteiger partial charge in [0, 0.05) is 22.6 Å². The van der Waals surface area contributed by atoms with Crippen LogP contribution in [0.5, 0.6) is 5.75 Å². The van der Waals surface area contributed by atoms with Gasteiger partial charge in [0.1, 0.15) is 18.7 Å². The van der Waals surface area contributed by atoms with E-state index in [4.69, 9.17) is 4.74 Å². The standard InChI is InChI=1S/C22H20BrN5O3/c1-2-10-27-14-24-22-25-17(12-20(29)28(22)27)13-31-19-9-4-3-8-18(19)26-21(30)15-6-5-7-16(23)11-15/h3-9,11-12,14H,2,10,13H2,1H3,(H,26,30). The molecule has 0 fully saturated rings. The average Bonchev–Trinajstić information content (AvgIpc) is 3.16. The zero-order valence-corrected chi connectivity index (χ0v) is 18.4. The first-order chi connectivity index (χ1) is 15.0. The highest BCUT2D eigenvalue weighted by Gasteiger charge is 2.12. The number of hydrogen-bond acceptors (Lipinski definition) is 5. The van der Waals surface area contributed by atoms with Crippen LogP contribution >= 0.6 is 15.9 Å². The number of hydrogen-bond donors (Lipinski definition) is 1. The second-order valence-corrected chi connectivity index (χ2v) is 7.77. The van der Waals surface area contributed by atoms with E-state index in [-0.39, 0.29) is 18.1 Å². The molecular weight excluding hydrogens is 462 g/mol.